The lowest BCUT2D eigenvalue weighted by Crippen LogP contribution is -2.51. The molecule has 0 N–H and O–H groups in total. The van der Waals surface area contributed by atoms with Crippen molar-refractivity contribution in [3.8, 4) is 0 Å². The van der Waals surface area contributed by atoms with Gasteiger partial charge in [-0.05, 0) is 27.7 Å². The number of carbonyl (C=O) groups is 2. The maximum absolute atomic E-state index is 11.3. The van der Waals surface area contributed by atoms with Crippen molar-refractivity contribution in [1.29, 1.82) is 0 Å². The Hall–Kier alpha value is -1.06. The minimum absolute atomic E-state index is 0.409. The highest BCUT2D eigenvalue weighted by molar-refractivity contribution is 5.73. The molecule has 0 heterocycles. The van der Waals surface area contributed by atoms with Crippen LogP contribution in [0.25, 0.3) is 0 Å². The van der Waals surface area contributed by atoms with Crippen LogP contribution in [0.2, 0.25) is 0 Å². The molecule has 0 aromatic rings. The monoisotopic (exact) mass is 187 g/mol. The van der Waals surface area contributed by atoms with Crippen LogP contribution in [0.3, 0.4) is 0 Å². The Morgan fingerprint density at radius 3 is 2.15 bits per heavy atom. The SMILES string of the molecule is COC(=O)N([C@@H](C)C=O)C(C)(C)C. The van der Waals surface area contributed by atoms with Crippen molar-refractivity contribution < 1.29 is 14.3 Å². The zero-order chi connectivity index (χ0) is 10.6. The summed E-state index contributed by atoms with van der Waals surface area (Å²) in [5.74, 6) is 0. The van der Waals surface area contributed by atoms with E-state index in [1.807, 2.05) is 20.8 Å². The minimum Gasteiger partial charge on any atom is -0.453 e. The molecule has 0 saturated heterocycles. The molecule has 0 aliphatic rings. The van der Waals surface area contributed by atoms with Gasteiger partial charge >= 0.3 is 6.09 Å². The average Bonchev–Trinajstić information content (AvgIpc) is 2.01. The molecule has 0 saturated carbocycles. The van der Waals surface area contributed by atoms with Crippen molar-refractivity contribution in [2.75, 3.05) is 7.11 Å². The summed E-state index contributed by atoms with van der Waals surface area (Å²) < 4.78 is 4.59. The van der Waals surface area contributed by atoms with Gasteiger partial charge in [-0.15, -0.1) is 0 Å². The summed E-state index contributed by atoms with van der Waals surface area (Å²) in [6.07, 6.45) is 0.245. The molecule has 0 aromatic carbocycles. The average molecular weight is 187 g/mol. The molecule has 0 bridgehead atoms. The highest BCUT2D eigenvalue weighted by Gasteiger charge is 2.31. The fourth-order valence-corrected chi connectivity index (χ4v) is 1.21. The molecule has 0 rings (SSSR count). The molecular weight excluding hydrogens is 170 g/mol. The predicted octanol–water partition coefficient (Wildman–Crippen LogP) is 1.44. The molecule has 0 aromatic heterocycles. The topological polar surface area (TPSA) is 46.6 Å². The second-order valence-electron chi connectivity index (χ2n) is 3.89. The zero-order valence-electron chi connectivity index (χ0n) is 8.83. The maximum Gasteiger partial charge on any atom is 0.410 e. The first-order chi connectivity index (χ1) is 5.84. The fourth-order valence-electron chi connectivity index (χ4n) is 1.21. The smallest absolute Gasteiger partial charge is 0.410 e. The van der Waals surface area contributed by atoms with Gasteiger partial charge in [-0.1, -0.05) is 0 Å². The number of ether oxygens (including phenoxy) is 1. The highest BCUT2D eigenvalue weighted by Crippen LogP contribution is 2.17. The van der Waals surface area contributed by atoms with E-state index in [0.29, 0.717) is 0 Å². The molecule has 13 heavy (non-hydrogen) atoms. The number of carbonyl (C=O) groups excluding carboxylic acids is 2. The molecule has 0 fully saturated rings. The number of hydrogen-bond acceptors (Lipinski definition) is 3. The molecule has 76 valence electrons. The highest BCUT2D eigenvalue weighted by atomic mass is 16.5. The van der Waals surface area contributed by atoms with Crippen LogP contribution in [-0.4, -0.2) is 36.0 Å². The second-order valence-corrected chi connectivity index (χ2v) is 3.89. The molecule has 4 nitrogen and oxygen atoms in total. The Balaban J connectivity index is 4.75. The molecule has 4 heteroatoms. The predicted molar refractivity (Wildman–Crippen MR) is 49.5 cm³/mol. The first-order valence-corrected chi connectivity index (χ1v) is 4.17. The summed E-state index contributed by atoms with van der Waals surface area (Å²) in [7, 11) is 1.30. The van der Waals surface area contributed by atoms with E-state index < -0.39 is 17.7 Å². The molecule has 0 aliphatic heterocycles. The Bertz CT molecular complexity index is 196. The standard InChI is InChI=1S/C9H17NO3/c1-7(6-11)10(8(12)13-5)9(2,3)4/h6-7H,1-5H3/t7-/m0/s1. The van der Waals surface area contributed by atoms with Gasteiger partial charge in [-0.25, -0.2) is 4.79 Å². The third-order valence-corrected chi connectivity index (χ3v) is 1.70. The van der Waals surface area contributed by atoms with Crippen LogP contribution in [0.5, 0.6) is 0 Å². The van der Waals surface area contributed by atoms with E-state index in [-0.39, 0.29) is 0 Å². The van der Waals surface area contributed by atoms with Gasteiger partial charge in [0, 0.05) is 5.54 Å². The number of methoxy groups -OCH3 is 1. The van der Waals surface area contributed by atoms with Crippen molar-refractivity contribution in [2.24, 2.45) is 0 Å². The van der Waals surface area contributed by atoms with Gasteiger partial charge in [0.2, 0.25) is 0 Å². The fraction of sp³-hybridized carbons (Fsp3) is 0.778. The summed E-state index contributed by atoms with van der Waals surface area (Å²) in [4.78, 5) is 23.3. The van der Waals surface area contributed by atoms with Gasteiger partial charge in [-0.2, -0.15) is 0 Å². The third kappa shape index (κ3) is 3.05. The van der Waals surface area contributed by atoms with Crippen molar-refractivity contribution >= 4 is 12.4 Å². The van der Waals surface area contributed by atoms with Crippen molar-refractivity contribution in [2.45, 2.75) is 39.3 Å². The lowest BCUT2D eigenvalue weighted by atomic mass is 10.0. The van der Waals surface area contributed by atoms with E-state index >= 15 is 0 Å². The van der Waals surface area contributed by atoms with Gasteiger partial charge < -0.3 is 9.53 Å². The van der Waals surface area contributed by atoms with Gasteiger partial charge in [0.25, 0.3) is 0 Å². The van der Waals surface area contributed by atoms with Gasteiger partial charge in [0.15, 0.2) is 0 Å². The summed E-state index contributed by atoms with van der Waals surface area (Å²) >= 11 is 0. The lowest BCUT2D eigenvalue weighted by Gasteiger charge is -2.36. The van der Waals surface area contributed by atoms with Crippen LogP contribution in [0.1, 0.15) is 27.7 Å². The van der Waals surface area contributed by atoms with E-state index in [2.05, 4.69) is 4.74 Å². The number of nitrogens with zero attached hydrogens (tertiary/aromatic N) is 1. The van der Waals surface area contributed by atoms with E-state index in [9.17, 15) is 9.59 Å². The van der Waals surface area contributed by atoms with Crippen LogP contribution in [0.15, 0.2) is 0 Å². The zero-order valence-corrected chi connectivity index (χ0v) is 8.83. The maximum atomic E-state index is 11.3. The molecule has 1 amide bonds. The Morgan fingerprint density at radius 2 is 1.92 bits per heavy atom. The first kappa shape index (κ1) is 11.9. The van der Waals surface area contributed by atoms with Crippen molar-refractivity contribution in [3.05, 3.63) is 0 Å². The number of amides is 1. The van der Waals surface area contributed by atoms with Crippen LogP contribution in [0.4, 0.5) is 4.79 Å². The Kier molecular flexibility index (Phi) is 3.91. The largest absolute Gasteiger partial charge is 0.453 e. The minimum atomic E-state index is -0.480. The molecule has 1 atom stereocenters. The molecule has 0 unspecified atom stereocenters. The van der Waals surface area contributed by atoms with Crippen LogP contribution in [-0.2, 0) is 9.53 Å². The molecule has 0 radical (unpaired) electrons. The van der Waals surface area contributed by atoms with E-state index in [1.165, 1.54) is 12.0 Å². The summed E-state index contributed by atoms with van der Waals surface area (Å²) in [6.45, 7) is 7.22. The van der Waals surface area contributed by atoms with E-state index in [0.717, 1.165) is 6.29 Å². The van der Waals surface area contributed by atoms with Gasteiger partial charge in [0.1, 0.15) is 6.29 Å². The summed E-state index contributed by atoms with van der Waals surface area (Å²) in [6, 6.07) is -0.465. The number of rotatable bonds is 2. The van der Waals surface area contributed by atoms with Crippen LogP contribution in [0, 0.1) is 0 Å². The first-order valence-electron chi connectivity index (χ1n) is 4.17. The second kappa shape index (κ2) is 4.25. The van der Waals surface area contributed by atoms with Crippen molar-refractivity contribution in [3.63, 3.8) is 0 Å². The van der Waals surface area contributed by atoms with E-state index in [1.54, 1.807) is 6.92 Å². The van der Waals surface area contributed by atoms with E-state index in [4.69, 9.17) is 0 Å². The van der Waals surface area contributed by atoms with Gasteiger partial charge in [0.05, 0.1) is 13.2 Å². The van der Waals surface area contributed by atoms with Crippen molar-refractivity contribution in [1.82, 2.24) is 4.90 Å². The summed E-state index contributed by atoms with van der Waals surface area (Å²) in [5.41, 5.74) is -0.409. The van der Waals surface area contributed by atoms with Crippen LogP contribution >= 0.6 is 0 Å². The summed E-state index contributed by atoms with van der Waals surface area (Å²) in [5, 5.41) is 0. The quantitative estimate of drug-likeness (QED) is 0.614. The number of aldehydes is 1. The molecule has 0 spiro atoms. The lowest BCUT2D eigenvalue weighted by molar-refractivity contribution is -0.113. The van der Waals surface area contributed by atoms with Crippen LogP contribution < -0.4 is 0 Å². The Labute approximate surface area is 78.9 Å². The van der Waals surface area contributed by atoms with Gasteiger partial charge in [-0.3, -0.25) is 4.90 Å². The normalized spacial score (nSPS) is 13.3. The molecular formula is C9H17NO3. The number of hydrogen-bond donors (Lipinski definition) is 0. The molecule has 0 aliphatic carbocycles. The Morgan fingerprint density at radius 1 is 1.46 bits per heavy atom. The third-order valence-electron chi connectivity index (χ3n) is 1.70.